The Balaban J connectivity index is 1.72. The van der Waals surface area contributed by atoms with Crippen molar-refractivity contribution in [1.29, 1.82) is 0 Å². The largest absolute Gasteiger partial charge is 0.481 e. The molecule has 0 unspecified atom stereocenters. The van der Waals surface area contributed by atoms with E-state index >= 15 is 0 Å². The summed E-state index contributed by atoms with van der Waals surface area (Å²) in [6.45, 7) is 0.730. The number of nitrogens with one attached hydrogen (secondary N) is 1. The van der Waals surface area contributed by atoms with Gasteiger partial charge in [0, 0.05) is 12.0 Å². The van der Waals surface area contributed by atoms with E-state index in [1.54, 1.807) is 0 Å². The molecule has 20 heavy (non-hydrogen) atoms. The van der Waals surface area contributed by atoms with E-state index in [2.05, 4.69) is 5.32 Å². The second kappa shape index (κ2) is 7.07. The van der Waals surface area contributed by atoms with Crippen molar-refractivity contribution in [2.24, 2.45) is 23.5 Å². The maximum Gasteiger partial charge on any atom is 0.306 e. The molecule has 2 aliphatic carbocycles. The first-order chi connectivity index (χ1) is 9.60. The maximum absolute atomic E-state index is 12.2. The van der Waals surface area contributed by atoms with Crippen LogP contribution in [0.2, 0.25) is 0 Å². The summed E-state index contributed by atoms with van der Waals surface area (Å²) < 4.78 is 0. The van der Waals surface area contributed by atoms with Crippen molar-refractivity contribution < 1.29 is 14.7 Å². The van der Waals surface area contributed by atoms with Crippen LogP contribution in [0.5, 0.6) is 0 Å². The average molecular weight is 282 g/mol. The smallest absolute Gasteiger partial charge is 0.306 e. The Morgan fingerprint density at radius 2 is 1.50 bits per heavy atom. The van der Waals surface area contributed by atoms with Crippen LogP contribution in [-0.2, 0) is 9.59 Å². The molecule has 2 saturated carbocycles. The Morgan fingerprint density at radius 3 is 2.00 bits per heavy atom. The minimum absolute atomic E-state index is 0.134. The van der Waals surface area contributed by atoms with Crippen LogP contribution in [0.4, 0.5) is 0 Å². The molecule has 0 spiro atoms. The van der Waals surface area contributed by atoms with Gasteiger partial charge >= 0.3 is 5.97 Å². The SMILES string of the molecule is NCC1CCC(C(=O)NC2CCC(C(=O)O)CC2)CC1. The molecule has 2 aliphatic rings. The van der Waals surface area contributed by atoms with Gasteiger partial charge in [-0.1, -0.05) is 0 Å². The fraction of sp³-hybridized carbons (Fsp3) is 0.867. The van der Waals surface area contributed by atoms with Gasteiger partial charge in [-0.15, -0.1) is 0 Å². The molecule has 5 nitrogen and oxygen atoms in total. The zero-order valence-corrected chi connectivity index (χ0v) is 12.0. The lowest BCUT2D eigenvalue weighted by Crippen LogP contribution is -2.42. The number of hydrogen-bond donors (Lipinski definition) is 3. The molecule has 0 radical (unpaired) electrons. The summed E-state index contributed by atoms with van der Waals surface area (Å²) in [4.78, 5) is 23.1. The van der Waals surface area contributed by atoms with Gasteiger partial charge in [-0.2, -0.15) is 0 Å². The van der Waals surface area contributed by atoms with Crippen LogP contribution in [0.3, 0.4) is 0 Å². The first kappa shape index (κ1) is 15.3. The number of hydrogen-bond acceptors (Lipinski definition) is 3. The highest BCUT2D eigenvalue weighted by molar-refractivity contribution is 5.79. The van der Waals surface area contributed by atoms with Gasteiger partial charge in [0.05, 0.1) is 5.92 Å². The van der Waals surface area contributed by atoms with E-state index in [1.165, 1.54) is 0 Å². The monoisotopic (exact) mass is 282 g/mol. The summed E-state index contributed by atoms with van der Waals surface area (Å²) in [5, 5.41) is 12.1. The second-order valence-corrected chi connectivity index (χ2v) is 6.35. The average Bonchev–Trinajstić information content (AvgIpc) is 2.48. The molecule has 1 amide bonds. The van der Waals surface area contributed by atoms with Crippen molar-refractivity contribution in [3.05, 3.63) is 0 Å². The number of nitrogens with two attached hydrogens (primary N) is 1. The van der Waals surface area contributed by atoms with Crippen LogP contribution in [0, 0.1) is 17.8 Å². The van der Waals surface area contributed by atoms with E-state index in [9.17, 15) is 9.59 Å². The number of carboxylic acid groups (broad SMARTS) is 1. The zero-order chi connectivity index (χ0) is 14.5. The molecule has 0 atom stereocenters. The predicted molar refractivity (Wildman–Crippen MR) is 76.0 cm³/mol. The summed E-state index contributed by atoms with van der Waals surface area (Å²) in [6, 6.07) is 0.172. The lowest BCUT2D eigenvalue weighted by atomic mass is 9.81. The first-order valence-corrected chi connectivity index (χ1v) is 7.83. The molecule has 4 N–H and O–H groups in total. The summed E-state index contributed by atoms with van der Waals surface area (Å²) in [5.41, 5.74) is 5.66. The Kier molecular flexibility index (Phi) is 5.40. The molecular formula is C15H26N2O3. The highest BCUT2D eigenvalue weighted by atomic mass is 16.4. The van der Waals surface area contributed by atoms with Crippen molar-refractivity contribution in [2.45, 2.75) is 57.4 Å². The fourth-order valence-corrected chi connectivity index (χ4v) is 3.46. The van der Waals surface area contributed by atoms with Crippen LogP contribution in [0.15, 0.2) is 0 Å². The van der Waals surface area contributed by atoms with Crippen molar-refractivity contribution in [3.8, 4) is 0 Å². The summed E-state index contributed by atoms with van der Waals surface area (Å²) in [6.07, 6.45) is 6.94. The normalized spacial score (nSPS) is 34.5. The Bertz CT molecular complexity index is 343. The highest BCUT2D eigenvalue weighted by Gasteiger charge is 2.30. The van der Waals surface area contributed by atoms with Crippen molar-refractivity contribution >= 4 is 11.9 Å². The molecule has 0 aromatic heterocycles. The molecule has 2 fully saturated rings. The third kappa shape index (κ3) is 3.95. The number of rotatable bonds is 4. The highest BCUT2D eigenvalue weighted by Crippen LogP contribution is 2.29. The molecule has 0 aromatic rings. The third-order valence-electron chi connectivity index (χ3n) is 4.97. The van der Waals surface area contributed by atoms with Crippen LogP contribution < -0.4 is 11.1 Å². The quantitative estimate of drug-likeness (QED) is 0.728. The Labute approximate surface area is 120 Å². The summed E-state index contributed by atoms with van der Waals surface area (Å²) in [5.74, 6) is -0.0303. The standard InChI is InChI=1S/C15H26N2O3/c16-9-10-1-3-11(4-2-10)14(18)17-13-7-5-12(6-8-13)15(19)20/h10-13H,1-9,16H2,(H,17,18)(H,19,20). The van der Waals surface area contributed by atoms with E-state index in [0.29, 0.717) is 18.8 Å². The molecule has 5 heteroatoms. The minimum Gasteiger partial charge on any atom is -0.481 e. The molecule has 0 aliphatic heterocycles. The van der Waals surface area contributed by atoms with Crippen molar-refractivity contribution in [3.63, 3.8) is 0 Å². The fourth-order valence-electron chi connectivity index (χ4n) is 3.46. The minimum atomic E-state index is -0.699. The van der Waals surface area contributed by atoms with E-state index in [1.807, 2.05) is 0 Å². The number of aliphatic carboxylic acids is 1. The van der Waals surface area contributed by atoms with Gasteiger partial charge in [0.1, 0.15) is 0 Å². The maximum atomic E-state index is 12.2. The molecule has 0 heterocycles. The third-order valence-corrected chi connectivity index (χ3v) is 4.97. The van der Waals surface area contributed by atoms with E-state index < -0.39 is 5.97 Å². The first-order valence-electron chi connectivity index (χ1n) is 7.83. The van der Waals surface area contributed by atoms with Gasteiger partial charge in [-0.25, -0.2) is 0 Å². The molecule has 0 saturated heterocycles. The lowest BCUT2D eigenvalue weighted by molar-refractivity contribution is -0.142. The topological polar surface area (TPSA) is 92.4 Å². The number of carbonyl (C=O) groups excluding carboxylic acids is 1. The second-order valence-electron chi connectivity index (χ2n) is 6.35. The number of amides is 1. The molecule has 0 aromatic carbocycles. The molecular weight excluding hydrogens is 256 g/mol. The molecule has 0 bridgehead atoms. The molecule has 114 valence electrons. The van der Waals surface area contributed by atoms with Gasteiger partial charge in [0.2, 0.25) is 5.91 Å². The summed E-state index contributed by atoms with van der Waals surface area (Å²) in [7, 11) is 0. The van der Waals surface area contributed by atoms with Gasteiger partial charge in [0.15, 0.2) is 0 Å². The van der Waals surface area contributed by atoms with Crippen molar-refractivity contribution in [1.82, 2.24) is 5.32 Å². The summed E-state index contributed by atoms with van der Waals surface area (Å²) >= 11 is 0. The van der Waals surface area contributed by atoms with Crippen LogP contribution in [-0.4, -0.2) is 29.6 Å². The Morgan fingerprint density at radius 1 is 0.950 bits per heavy atom. The van der Waals surface area contributed by atoms with E-state index in [0.717, 1.165) is 45.1 Å². The van der Waals surface area contributed by atoms with Gasteiger partial charge in [-0.05, 0) is 63.8 Å². The predicted octanol–water partition coefficient (Wildman–Crippen LogP) is 1.51. The van der Waals surface area contributed by atoms with E-state index in [-0.39, 0.29) is 23.8 Å². The Hall–Kier alpha value is -1.10. The molecule has 2 rings (SSSR count). The number of carboxylic acids is 1. The van der Waals surface area contributed by atoms with E-state index in [4.69, 9.17) is 10.8 Å². The van der Waals surface area contributed by atoms with Crippen LogP contribution in [0.25, 0.3) is 0 Å². The van der Waals surface area contributed by atoms with Gasteiger partial charge in [0.25, 0.3) is 0 Å². The van der Waals surface area contributed by atoms with Crippen molar-refractivity contribution in [2.75, 3.05) is 6.54 Å². The lowest BCUT2D eigenvalue weighted by Gasteiger charge is -2.31. The zero-order valence-electron chi connectivity index (χ0n) is 12.0. The van der Waals surface area contributed by atoms with Gasteiger partial charge in [-0.3, -0.25) is 9.59 Å². The van der Waals surface area contributed by atoms with Crippen LogP contribution >= 0.6 is 0 Å². The number of carbonyl (C=O) groups is 2. The van der Waals surface area contributed by atoms with Gasteiger partial charge < -0.3 is 16.2 Å². The van der Waals surface area contributed by atoms with Crippen LogP contribution in [0.1, 0.15) is 51.4 Å².